The summed E-state index contributed by atoms with van der Waals surface area (Å²) in [4.78, 5) is 57.4. The molecule has 0 spiro atoms. The van der Waals surface area contributed by atoms with Crippen LogP contribution in [0.2, 0.25) is 0 Å². The Kier molecular flexibility index (Phi) is 11.2. The molecule has 0 aliphatic carbocycles. The summed E-state index contributed by atoms with van der Waals surface area (Å²) in [7, 11) is 0. The first kappa shape index (κ1) is 33.7. The molecule has 0 bridgehead atoms. The van der Waals surface area contributed by atoms with Crippen LogP contribution < -0.4 is 27.1 Å². The van der Waals surface area contributed by atoms with E-state index < -0.39 is 17.7 Å². The van der Waals surface area contributed by atoms with Gasteiger partial charge in [0.1, 0.15) is 22.9 Å². The van der Waals surface area contributed by atoms with Gasteiger partial charge < -0.3 is 36.9 Å². The van der Waals surface area contributed by atoms with Crippen LogP contribution in [0.3, 0.4) is 0 Å². The van der Waals surface area contributed by atoms with E-state index in [1.165, 1.54) is 17.1 Å². The molecule has 3 aromatic heterocycles. The van der Waals surface area contributed by atoms with Gasteiger partial charge in [-0.2, -0.15) is 0 Å². The maximum Gasteiger partial charge on any atom is 0.274 e. The summed E-state index contributed by atoms with van der Waals surface area (Å²) in [6.07, 6.45) is 5.32. The van der Waals surface area contributed by atoms with Crippen molar-refractivity contribution in [2.75, 3.05) is 34.2 Å². The highest BCUT2D eigenvalue weighted by Gasteiger charge is 2.23. The zero-order valence-corrected chi connectivity index (χ0v) is 26.9. The van der Waals surface area contributed by atoms with Crippen molar-refractivity contribution in [2.45, 2.75) is 32.1 Å². The minimum Gasteiger partial charge on any atom is -0.409 e. The van der Waals surface area contributed by atoms with Gasteiger partial charge >= 0.3 is 0 Å². The lowest BCUT2D eigenvalue weighted by Gasteiger charge is -2.10. The normalized spacial score (nSPS) is 11.3. The number of anilines is 2. The van der Waals surface area contributed by atoms with Crippen LogP contribution in [0.15, 0.2) is 52.9 Å². The van der Waals surface area contributed by atoms with E-state index in [9.17, 15) is 19.2 Å². The molecule has 3 heterocycles. The molecule has 0 aliphatic rings. The molecule has 0 fully saturated rings. The van der Waals surface area contributed by atoms with Gasteiger partial charge in [-0.3, -0.25) is 29.3 Å². The predicted molar refractivity (Wildman–Crippen MR) is 179 cm³/mol. The lowest BCUT2D eigenvalue weighted by molar-refractivity contribution is -0.106. The quantitative estimate of drug-likeness (QED) is 0.0187. The molecule has 4 aromatic rings. The van der Waals surface area contributed by atoms with E-state index in [2.05, 4.69) is 36.5 Å². The summed E-state index contributed by atoms with van der Waals surface area (Å²) < 4.78 is 1.36. The highest BCUT2D eigenvalue weighted by atomic mass is 35.5. The predicted octanol–water partition coefficient (Wildman–Crippen LogP) is 4.14. The Labute approximate surface area is 273 Å². The average Bonchev–Trinajstić information content (AvgIpc) is 3.70. The SMILES string of the molecule is Cc1c(NC(=O)c2[nH]cc(NC(=O)c3c(C)c(-c4ccc(SCCCl)cc4)cn3NC=O)c2C)c[nH]c1C(=O)NCCC(N)=NO. The number of nitrogens with zero attached hydrogens (tertiary/aromatic N) is 2. The standard InChI is InChI=1S/C30H34ClN9O5S/c1-16-21(19-4-6-20(7-5-19)46-11-9-31)14-40(36-15-41)27(16)30(44)38-23-13-35-26(18(23)3)29(43)37-22-12-34-25(17(22)2)28(42)33-10-8-24(32)39-45/h4-7,12-15,34-35,45H,8-11H2,1-3H3,(H2,32,39)(H,33,42)(H,36,41)(H,37,43)(H,38,44). The van der Waals surface area contributed by atoms with Gasteiger partial charge in [0, 0.05) is 64.8 Å². The summed E-state index contributed by atoms with van der Waals surface area (Å²) in [6.45, 7) is 5.30. The van der Waals surface area contributed by atoms with Crippen LogP contribution in [-0.2, 0) is 4.79 Å². The van der Waals surface area contributed by atoms with Gasteiger partial charge in [-0.05, 0) is 44.0 Å². The van der Waals surface area contributed by atoms with Crippen LogP contribution in [0.25, 0.3) is 11.1 Å². The number of oxime groups is 1. The van der Waals surface area contributed by atoms with E-state index in [0.29, 0.717) is 40.4 Å². The van der Waals surface area contributed by atoms with E-state index in [0.717, 1.165) is 21.8 Å². The number of carbonyl (C=O) groups is 4. The molecule has 16 heteroatoms. The van der Waals surface area contributed by atoms with Gasteiger partial charge in [0.15, 0.2) is 0 Å². The van der Waals surface area contributed by atoms with Crippen molar-refractivity contribution in [3.63, 3.8) is 0 Å². The Morgan fingerprint density at radius 3 is 2.17 bits per heavy atom. The highest BCUT2D eigenvalue weighted by Crippen LogP contribution is 2.30. The fraction of sp³-hybridized carbons (Fsp3) is 0.233. The van der Waals surface area contributed by atoms with Crippen LogP contribution in [0.5, 0.6) is 0 Å². The Morgan fingerprint density at radius 2 is 1.59 bits per heavy atom. The summed E-state index contributed by atoms with van der Waals surface area (Å²) in [5.74, 6) is -0.0831. The zero-order valence-electron chi connectivity index (χ0n) is 25.3. The number of thioether (sulfide) groups is 1. The van der Waals surface area contributed by atoms with E-state index in [4.69, 9.17) is 22.5 Å². The smallest absolute Gasteiger partial charge is 0.274 e. The molecule has 0 saturated heterocycles. The molecular weight excluding hydrogens is 634 g/mol. The minimum absolute atomic E-state index is 0.0147. The third kappa shape index (κ3) is 7.55. The Morgan fingerprint density at radius 1 is 0.978 bits per heavy atom. The molecule has 4 amide bonds. The maximum absolute atomic E-state index is 13.5. The largest absolute Gasteiger partial charge is 0.409 e. The first-order valence-electron chi connectivity index (χ1n) is 14.0. The minimum atomic E-state index is -0.495. The first-order valence-corrected chi connectivity index (χ1v) is 15.6. The number of nitrogens with one attached hydrogen (secondary N) is 6. The van der Waals surface area contributed by atoms with Crippen molar-refractivity contribution in [3.8, 4) is 11.1 Å². The molecule has 0 radical (unpaired) electrons. The number of alkyl halides is 1. The molecule has 0 atom stereocenters. The van der Waals surface area contributed by atoms with Crippen LogP contribution in [0, 0.1) is 20.8 Å². The van der Waals surface area contributed by atoms with Gasteiger partial charge in [-0.25, -0.2) is 0 Å². The summed E-state index contributed by atoms with van der Waals surface area (Å²) in [5.41, 5.74) is 12.6. The second kappa shape index (κ2) is 15.2. The molecule has 14 nitrogen and oxygen atoms in total. The zero-order chi connectivity index (χ0) is 33.4. The number of amides is 4. The molecule has 242 valence electrons. The molecule has 46 heavy (non-hydrogen) atoms. The molecule has 1 aromatic carbocycles. The number of hydrogen-bond acceptors (Lipinski definition) is 7. The molecule has 4 rings (SSSR count). The van der Waals surface area contributed by atoms with Crippen molar-refractivity contribution < 1.29 is 24.4 Å². The van der Waals surface area contributed by atoms with Gasteiger partial charge in [0.2, 0.25) is 6.41 Å². The van der Waals surface area contributed by atoms with E-state index in [1.807, 2.05) is 24.3 Å². The molecular formula is C30H34ClN9O5S. The molecule has 0 aliphatic heterocycles. The van der Waals surface area contributed by atoms with Crippen molar-refractivity contribution in [3.05, 3.63) is 76.6 Å². The number of hydrogen-bond donors (Lipinski definition) is 8. The third-order valence-corrected chi connectivity index (χ3v) is 8.63. The second-order valence-electron chi connectivity index (χ2n) is 10.1. The van der Waals surface area contributed by atoms with E-state index in [1.54, 1.807) is 38.7 Å². The Bertz CT molecular complexity index is 1780. The maximum atomic E-state index is 13.5. The summed E-state index contributed by atoms with van der Waals surface area (Å²) in [5, 5.41) is 19.7. The topological polar surface area (TPSA) is 212 Å². The van der Waals surface area contributed by atoms with E-state index in [-0.39, 0.29) is 35.9 Å². The number of nitrogens with two attached hydrogens (primary N) is 1. The van der Waals surface area contributed by atoms with Gasteiger partial charge in [0.05, 0.1) is 11.4 Å². The number of carbonyl (C=O) groups excluding carboxylic acids is 4. The van der Waals surface area contributed by atoms with Gasteiger partial charge in [-0.1, -0.05) is 17.3 Å². The first-order chi connectivity index (χ1) is 22.1. The fourth-order valence-corrected chi connectivity index (χ4v) is 5.62. The highest BCUT2D eigenvalue weighted by molar-refractivity contribution is 7.99. The van der Waals surface area contributed by atoms with Crippen LogP contribution >= 0.6 is 23.4 Å². The number of amidine groups is 1. The lowest BCUT2D eigenvalue weighted by atomic mass is 10.0. The monoisotopic (exact) mass is 667 g/mol. The van der Waals surface area contributed by atoms with Crippen molar-refractivity contribution in [1.82, 2.24) is 20.0 Å². The number of benzene rings is 1. The number of H-pyrrole nitrogens is 2. The second-order valence-corrected chi connectivity index (χ2v) is 11.7. The molecule has 0 saturated carbocycles. The van der Waals surface area contributed by atoms with Gasteiger partial charge in [0.25, 0.3) is 17.7 Å². The van der Waals surface area contributed by atoms with Crippen LogP contribution in [0.4, 0.5) is 11.4 Å². The fourth-order valence-electron chi connectivity index (χ4n) is 4.75. The number of aromatic nitrogens is 3. The third-order valence-electron chi connectivity index (χ3n) is 7.20. The Hall–Kier alpha value is -5.15. The van der Waals surface area contributed by atoms with Crippen molar-refractivity contribution in [2.24, 2.45) is 10.9 Å². The van der Waals surface area contributed by atoms with Crippen molar-refractivity contribution >= 4 is 64.7 Å². The summed E-state index contributed by atoms with van der Waals surface area (Å²) >= 11 is 7.43. The summed E-state index contributed by atoms with van der Waals surface area (Å²) in [6, 6.07) is 7.84. The average molecular weight is 668 g/mol. The van der Waals surface area contributed by atoms with E-state index >= 15 is 0 Å². The number of halogens is 1. The number of aromatic amines is 2. The molecule has 0 unspecified atom stereocenters. The van der Waals surface area contributed by atoms with Crippen molar-refractivity contribution in [1.29, 1.82) is 0 Å². The Balaban J connectivity index is 1.48. The number of rotatable bonds is 14. The van der Waals surface area contributed by atoms with Crippen LogP contribution in [-0.4, -0.2) is 68.0 Å². The van der Waals surface area contributed by atoms with Gasteiger partial charge in [-0.15, -0.1) is 23.4 Å². The molecule has 9 N–H and O–H groups in total. The van der Waals surface area contributed by atoms with Crippen LogP contribution in [0.1, 0.15) is 54.6 Å². The lowest BCUT2D eigenvalue weighted by Crippen LogP contribution is -2.28.